The van der Waals surface area contributed by atoms with E-state index in [1.165, 1.54) is 44.1 Å². The third kappa shape index (κ3) is 5.60. The smallest absolute Gasteiger partial charge is 0.136 e. The Labute approximate surface area is 330 Å². The summed E-state index contributed by atoms with van der Waals surface area (Å²) in [6, 6.07) is 78.0. The van der Waals surface area contributed by atoms with E-state index in [4.69, 9.17) is 4.42 Å². The van der Waals surface area contributed by atoms with Gasteiger partial charge in [0.2, 0.25) is 0 Å². The van der Waals surface area contributed by atoms with Crippen LogP contribution in [0.2, 0.25) is 0 Å². The number of anilines is 3. The Morgan fingerprint density at radius 2 is 0.877 bits per heavy atom. The zero-order valence-electron chi connectivity index (χ0n) is 31.1. The van der Waals surface area contributed by atoms with E-state index in [0.29, 0.717) is 0 Å². The number of benzene rings is 9. The Hall–Kier alpha value is -7.62. The molecular weight excluding hydrogens is 693 g/mol. The number of hydrogen-bond acceptors (Lipinski definition) is 2. The summed E-state index contributed by atoms with van der Waals surface area (Å²) in [4.78, 5) is 2.36. The standard InChI is InChI=1S/C54H36N2O/c1-2-16-41(17-3-1)55(49-23-8-6-20-46(49)47-22-13-27-53-54(47)48-21-7-11-26-52(48)57-53)42-32-28-37(29-33-42)39-14-12-15-40(36-39)38-30-34-43(35-31-38)56-50-24-9-4-18-44(50)45-19-5-10-25-51(45)56/h1-36H. The van der Waals surface area contributed by atoms with Crippen LogP contribution in [0.1, 0.15) is 0 Å². The first-order valence-electron chi connectivity index (χ1n) is 19.4. The van der Waals surface area contributed by atoms with Crippen molar-refractivity contribution < 1.29 is 4.42 Å². The number of furan rings is 1. The molecule has 0 radical (unpaired) electrons. The van der Waals surface area contributed by atoms with E-state index in [9.17, 15) is 0 Å². The molecule has 0 unspecified atom stereocenters. The van der Waals surface area contributed by atoms with Crippen LogP contribution >= 0.6 is 0 Å². The summed E-state index contributed by atoms with van der Waals surface area (Å²) in [6.07, 6.45) is 0. The maximum Gasteiger partial charge on any atom is 0.136 e. The van der Waals surface area contributed by atoms with Gasteiger partial charge in [-0.2, -0.15) is 0 Å². The minimum absolute atomic E-state index is 0.889. The maximum absolute atomic E-state index is 6.31. The van der Waals surface area contributed by atoms with Gasteiger partial charge < -0.3 is 13.9 Å². The third-order valence-corrected chi connectivity index (χ3v) is 11.2. The lowest BCUT2D eigenvalue weighted by Crippen LogP contribution is -2.11. The van der Waals surface area contributed by atoms with Crippen LogP contribution in [-0.2, 0) is 0 Å². The Morgan fingerprint density at radius 3 is 1.60 bits per heavy atom. The Bertz CT molecular complexity index is 3170. The first-order chi connectivity index (χ1) is 28.3. The fraction of sp³-hybridized carbons (Fsp3) is 0. The molecule has 0 saturated carbocycles. The number of hydrogen-bond donors (Lipinski definition) is 0. The second kappa shape index (κ2) is 13.6. The van der Waals surface area contributed by atoms with Gasteiger partial charge in [0.05, 0.1) is 16.7 Å². The van der Waals surface area contributed by atoms with Gasteiger partial charge in [0.1, 0.15) is 11.2 Å². The predicted molar refractivity (Wildman–Crippen MR) is 239 cm³/mol. The molecule has 11 rings (SSSR count). The predicted octanol–water partition coefficient (Wildman–Crippen LogP) is 15.2. The highest BCUT2D eigenvalue weighted by Crippen LogP contribution is 2.45. The van der Waals surface area contributed by atoms with Crippen molar-refractivity contribution in [3.8, 4) is 39.1 Å². The molecule has 0 fully saturated rings. The minimum atomic E-state index is 0.889. The largest absolute Gasteiger partial charge is 0.456 e. The SMILES string of the molecule is c1ccc(N(c2ccc(-c3cccc(-c4ccc(-n5c6ccccc6c6ccccc65)cc4)c3)cc2)c2ccccc2-c2cccc3oc4ccccc4c23)cc1. The summed E-state index contributed by atoms with van der Waals surface area (Å²) >= 11 is 0. The number of aromatic nitrogens is 1. The van der Waals surface area contributed by atoms with Crippen LogP contribution in [0.5, 0.6) is 0 Å². The molecule has 0 atom stereocenters. The van der Waals surface area contributed by atoms with Gasteiger partial charge in [-0.05, 0) is 101 Å². The number of nitrogens with zero attached hydrogens (tertiary/aromatic N) is 2. The highest BCUT2D eigenvalue weighted by Gasteiger charge is 2.20. The van der Waals surface area contributed by atoms with Crippen LogP contribution in [0.15, 0.2) is 223 Å². The van der Waals surface area contributed by atoms with Crippen molar-refractivity contribution in [3.05, 3.63) is 218 Å². The molecule has 0 amide bonds. The van der Waals surface area contributed by atoms with Crippen molar-refractivity contribution in [2.24, 2.45) is 0 Å². The van der Waals surface area contributed by atoms with Crippen LogP contribution in [-0.4, -0.2) is 4.57 Å². The van der Waals surface area contributed by atoms with Gasteiger partial charge in [0.25, 0.3) is 0 Å². The summed E-state index contributed by atoms with van der Waals surface area (Å²) in [7, 11) is 0. The molecule has 0 saturated heterocycles. The summed E-state index contributed by atoms with van der Waals surface area (Å²) < 4.78 is 8.67. The fourth-order valence-electron chi connectivity index (χ4n) is 8.58. The lowest BCUT2D eigenvalue weighted by atomic mass is 9.96. The van der Waals surface area contributed by atoms with E-state index >= 15 is 0 Å². The zero-order chi connectivity index (χ0) is 37.7. The lowest BCUT2D eigenvalue weighted by molar-refractivity contribution is 0.669. The van der Waals surface area contributed by atoms with Crippen molar-refractivity contribution in [3.63, 3.8) is 0 Å². The molecule has 0 aliphatic carbocycles. The molecule has 2 heterocycles. The van der Waals surface area contributed by atoms with Crippen LogP contribution in [0.25, 0.3) is 82.8 Å². The second-order valence-electron chi connectivity index (χ2n) is 14.5. The Balaban J connectivity index is 0.949. The molecule has 57 heavy (non-hydrogen) atoms. The maximum atomic E-state index is 6.31. The number of rotatable bonds is 7. The molecule has 0 aliphatic rings. The second-order valence-corrected chi connectivity index (χ2v) is 14.5. The molecule has 0 N–H and O–H groups in total. The van der Waals surface area contributed by atoms with Gasteiger partial charge in [-0.15, -0.1) is 0 Å². The quantitative estimate of drug-likeness (QED) is 0.163. The highest BCUT2D eigenvalue weighted by molar-refractivity contribution is 6.14. The van der Waals surface area contributed by atoms with Crippen molar-refractivity contribution in [2.75, 3.05) is 4.90 Å². The van der Waals surface area contributed by atoms with Gasteiger partial charge in [-0.25, -0.2) is 0 Å². The number of para-hydroxylation sites is 5. The van der Waals surface area contributed by atoms with Crippen LogP contribution in [0.4, 0.5) is 17.1 Å². The normalized spacial score (nSPS) is 11.5. The molecule has 0 aliphatic heterocycles. The first kappa shape index (κ1) is 32.8. The van der Waals surface area contributed by atoms with E-state index in [1.54, 1.807) is 0 Å². The van der Waals surface area contributed by atoms with Crippen LogP contribution in [0.3, 0.4) is 0 Å². The summed E-state index contributed by atoms with van der Waals surface area (Å²) in [5, 5.41) is 4.79. The molecule has 3 nitrogen and oxygen atoms in total. The fourth-order valence-corrected chi connectivity index (χ4v) is 8.58. The molecule has 11 aromatic rings. The first-order valence-corrected chi connectivity index (χ1v) is 19.4. The monoisotopic (exact) mass is 728 g/mol. The molecular formula is C54H36N2O. The lowest BCUT2D eigenvalue weighted by Gasteiger charge is -2.28. The van der Waals surface area contributed by atoms with Crippen LogP contribution < -0.4 is 4.90 Å². The van der Waals surface area contributed by atoms with Crippen molar-refractivity contribution in [1.29, 1.82) is 0 Å². The Kier molecular flexibility index (Phi) is 7.82. The average molecular weight is 729 g/mol. The topological polar surface area (TPSA) is 21.3 Å². The average Bonchev–Trinajstić information content (AvgIpc) is 3.84. The Morgan fingerprint density at radius 1 is 0.351 bits per heavy atom. The van der Waals surface area contributed by atoms with Crippen molar-refractivity contribution in [2.45, 2.75) is 0 Å². The van der Waals surface area contributed by atoms with Gasteiger partial charge in [0, 0.05) is 44.2 Å². The number of fused-ring (bicyclic) bond motifs is 6. The minimum Gasteiger partial charge on any atom is -0.456 e. The van der Waals surface area contributed by atoms with Gasteiger partial charge in [0.15, 0.2) is 0 Å². The van der Waals surface area contributed by atoms with Crippen molar-refractivity contribution in [1.82, 2.24) is 4.57 Å². The third-order valence-electron chi connectivity index (χ3n) is 11.2. The molecule has 2 aromatic heterocycles. The summed E-state index contributed by atoms with van der Waals surface area (Å²) in [6.45, 7) is 0. The molecule has 0 spiro atoms. The van der Waals surface area contributed by atoms with Gasteiger partial charge in [-0.1, -0.05) is 146 Å². The van der Waals surface area contributed by atoms with E-state index < -0.39 is 0 Å². The molecule has 268 valence electrons. The van der Waals surface area contributed by atoms with E-state index in [0.717, 1.165) is 55.8 Å². The van der Waals surface area contributed by atoms with E-state index in [2.05, 4.69) is 216 Å². The molecule has 0 bridgehead atoms. The highest BCUT2D eigenvalue weighted by atomic mass is 16.3. The van der Waals surface area contributed by atoms with Crippen molar-refractivity contribution >= 4 is 60.8 Å². The van der Waals surface area contributed by atoms with Gasteiger partial charge >= 0.3 is 0 Å². The molecule has 9 aromatic carbocycles. The van der Waals surface area contributed by atoms with E-state index in [1.807, 2.05) is 12.1 Å². The van der Waals surface area contributed by atoms with Crippen LogP contribution in [0, 0.1) is 0 Å². The zero-order valence-corrected chi connectivity index (χ0v) is 31.1. The van der Waals surface area contributed by atoms with E-state index in [-0.39, 0.29) is 0 Å². The molecule has 3 heteroatoms. The summed E-state index contributed by atoms with van der Waals surface area (Å²) in [5.74, 6) is 0. The van der Waals surface area contributed by atoms with Gasteiger partial charge in [-0.3, -0.25) is 0 Å². The summed E-state index contributed by atoms with van der Waals surface area (Å²) in [5.41, 5.74) is 15.6.